The standard InChI is InChI=1S/C20H13BrN2S/c21-17-8-6-15(7-9-17)19-13-24-20(23-19)18-12-16(10-11-22-18)14-4-2-1-3-5-14/h1-13H. The minimum Gasteiger partial charge on any atom is -0.254 e. The number of benzene rings is 2. The lowest BCUT2D eigenvalue weighted by molar-refractivity contribution is 1.29. The first kappa shape index (κ1) is 15.2. The second-order valence-corrected chi connectivity index (χ2v) is 7.11. The Bertz CT molecular complexity index is 962. The number of nitrogens with zero attached hydrogens (tertiary/aromatic N) is 2. The Labute approximate surface area is 153 Å². The lowest BCUT2D eigenvalue weighted by Gasteiger charge is -2.03. The minimum atomic E-state index is 0.907. The van der Waals surface area contributed by atoms with Gasteiger partial charge in [-0.25, -0.2) is 4.98 Å². The first-order valence-electron chi connectivity index (χ1n) is 7.53. The molecule has 2 heterocycles. The number of hydrogen-bond acceptors (Lipinski definition) is 3. The van der Waals surface area contributed by atoms with Crippen molar-refractivity contribution >= 4 is 27.3 Å². The van der Waals surface area contributed by atoms with Crippen LogP contribution in [0.4, 0.5) is 0 Å². The lowest BCUT2D eigenvalue weighted by Crippen LogP contribution is -1.85. The number of aromatic nitrogens is 2. The Hall–Kier alpha value is -2.30. The van der Waals surface area contributed by atoms with Gasteiger partial charge in [0, 0.05) is 21.6 Å². The van der Waals surface area contributed by atoms with Crippen LogP contribution in [0.5, 0.6) is 0 Å². The van der Waals surface area contributed by atoms with Crippen LogP contribution in [0.3, 0.4) is 0 Å². The molecule has 0 aliphatic carbocycles. The number of pyridine rings is 1. The van der Waals surface area contributed by atoms with Crippen LogP contribution in [-0.2, 0) is 0 Å². The molecule has 0 N–H and O–H groups in total. The largest absolute Gasteiger partial charge is 0.254 e. The van der Waals surface area contributed by atoms with Crippen molar-refractivity contribution in [3.05, 3.63) is 82.8 Å². The molecule has 0 bridgehead atoms. The molecular formula is C20H13BrN2S. The molecule has 0 fully saturated rings. The third-order valence-electron chi connectivity index (χ3n) is 3.73. The van der Waals surface area contributed by atoms with Crippen molar-refractivity contribution in [2.24, 2.45) is 0 Å². The molecule has 0 aliphatic heterocycles. The van der Waals surface area contributed by atoms with E-state index in [9.17, 15) is 0 Å². The topological polar surface area (TPSA) is 25.8 Å². The second kappa shape index (κ2) is 6.67. The van der Waals surface area contributed by atoms with Crippen LogP contribution < -0.4 is 0 Å². The van der Waals surface area contributed by atoms with E-state index in [0.29, 0.717) is 0 Å². The lowest BCUT2D eigenvalue weighted by atomic mass is 10.1. The number of halogens is 1. The normalized spacial score (nSPS) is 10.7. The minimum absolute atomic E-state index is 0.907. The predicted molar refractivity (Wildman–Crippen MR) is 104 cm³/mol. The second-order valence-electron chi connectivity index (χ2n) is 5.34. The molecule has 0 amide bonds. The summed E-state index contributed by atoms with van der Waals surface area (Å²) in [6, 6.07) is 22.6. The van der Waals surface area contributed by atoms with Gasteiger partial charge in [0.25, 0.3) is 0 Å². The summed E-state index contributed by atoms with van der Waals surface area (Å²) in [4.78, 5) is 9.25. The monoisotopic (exact) mass is 392 g/mol. The summed E-state index contributed by atoms with van der Waals surface area (Å²) in [5.74, 6) is 0. The van der Waals surface area contributed by atoms with E-state index in [1.807, 2.05) is 42.6 Å². The summed E-state index contributed by atoms with van der Waals surface area (Å²) >= 11 is 5.08. The molecule has 116 valence electrons. The molecule has 0 unspecified atom stereocenters. The Morgan fingerprint density at radius 1 is 0.750 bits per heavy atom. The van der Waals surface area contributed by atoms with E-state index in [4.69, 9.17) is 4.98 Å². The average molecular weight is 393 g/mol. The van der Waals surface area contributed by atoms with Crippen LogP contribution >= 0.6 is 27.3 Å². The fourth-order valence-electron chi connectivity index (χ4n) is 2.50. The van der Waals surface area contributed by atoms with Gasteiger partial charge in [-0.05, 0) is 35.4 Å². The van der Waals surface area contributed by atoms with Crippen LogP contribution in [0, 0.1) is 0 Å². The Kier molecular flexibility index (Phi) is 4.24. The molecule has 0 saturated carbocycles. The van der Waals surface area contributed by atoms with Gasteiger partial charge in [0.1, 0.15) is 5.01 Å². The SMILES string of the molecule is Brc1ccc(-c2csc(-c3cc(-c4ccccc4)ccn3)n2)cc1. The molecule has 4 aromatic rings. The number of thiazole rings is 1. The van der Waals surface area contributed by atoms with Gasteiger partial charge < -0.3 is 0 Å². The maximum absolute atomic E-state index is 4.76. The zero-order valence-corrected chi connectivity index (χ0v) is 15.1. The molecule has 0 spiro atoms. The van der Waals surface area contributed by atoms with Gasteiger partial charge in [-0.15, -0.1) is 11.3 Å². The number of rotatable bonds is 3. The van der Waals surface area contributed by atoms with Crippen molar-refractivity contribution in [2.75, 3.05) is 0 Å². The van der Waals surface area contributed by atoms with Crippen LogP contribution in [0.15, 0.2) is 82.8 Å². The van der Waals surface area contributed by atoms with Gasteiger partial charge in [-0.2, -0.15) is 0 Å². The van der Waals surface area contributed by atoms with Crippen LogP contribution in [0.1, 0.15) is 0 Å². The van der Waals surface area contributed by atoms with Crippen molar-refractivity contribution < 1.29 is 0 Å². The van der Waals surface area contributed by atoms with Crippen molar-refractivity contribution in [2.45, 2.75) is 0 Å². The highest BCUT2D eigenvalue weighted by Crippen LogP contribution is 2.30. The third-order valence-corrected chi connectivity index (χ3v) is 5.12. The van der Waals surface area contributed by atoms with Gasteiger partial charge in [-0.1, -0.05) is 58.4 Å². The predicted octanol–water partition coefficient (Wildman–Crippen LogP) is 6.30. The fourth-order valence-corrected chi connectivity index (χ4v) is 3.56. The van der Waals surface area contributed by atoms with Gasteiger partial charge in [0.05, 0.1) is 11.4 Å². The number of hydrogen-bond donors (Lipinski definition) is 0. The summed E-state index contributed by atoms with van der Waals surface area (Å²) in [6.07, 6.45) is 1.85. The molecule has 2 nitrogen and oxygen atoms in total. The van der Waals surface area contributed by atoms with E-state index < -0.39 is 0 Å². The highest BCUT2D eigenvalue weighted by atomic mass is 79.9. The van der Waals surface area contributed by atoms with Crippen LogP contribution in [0.2, 0.25) is 0 Å². The van der Waals surface area contributed by atoms with Gasteiger partial charge >= 0.3 is 0 Å². The molecule has 2 aromatic carbocycles. The molecule has 0 saturated heterocycles. The maximum Gasteiger partial charge on any atom is 0.142 e. The average Bonchev–Trinajstić information content (AvgIpc) is 3.13. The molecule has 4 rings (SSSR count). The summed E-state index contributed by atoms with van der Waals surface area (Å²) in [5, 5.41) is 3.01. The Morgan fingerprint density at radius 3 is 2.33 bits per heavy atom. The molecule has 0 radical (unpaired) electrons. The fraction of sp³-hybridized carbons (Fsp3) is 0. The Balaban J connectivity index is 1.69. The van der Waals surface area contributed by atoms with Gasteiger partial charge in [0.2, 0.25) is 0 Å². The summed E-state index contributed by atoms with van der Waals surface area (Å²) < 4.78 is 1.07. The zero-order valence-electron chi connectivity index (χ0n) is 12.7. The molecule has 24 heavy (non-hydrogen) atoms. The summed E-state index contributed by atoms with van der Waals surface area (Å²) in [6.45, 7) is 0. The molecule has 4 heteroatoms. The summed E-state index contributed by atoms with van der Waals surface area (Å²) in [5.41, 5.74) is 5.34. The van der Waals surface area contributed by atoms with Gasteiger partial charge in [0.15, 0.2) is 0 Å². The maximum atomic E-state index is 4.76. The Morgan fingerprint density at radius 2 is 1.54 bits per heavy atom. The van der Waals surface area contributed by atoms with Crippen LogP contribution in [0.25, 0.3) is 33.1 Å². The molecular weight excluding hydrogens is 380 g/mol. The van der Waals surface area contributed by atoms with Crippen LogP contribution in [-0.4, -0.2) is 9.97 Å². The molecule has 0 atom stereocenters. The van der Waals surface area contributed by atoms with Crippen molar-refractivity contribution in [3.8, 4) is 33.1 Å². The van der Waals surface area contributed by atoms with E-state index in [1.54, 1.807) is 11.3 Å². The smallest absolute Gasteiger partial charge is 0.142 e. The van der Waals surface area contributed by atoms with E-state index in [2.05, 4.69) is 56.6 Å². The quantitative estimate of drug-likeness (QED) is 0.408. The highest BCUT2D eigenvalue weighted by Gasteiger charge is 2.09. The first-order chi connectivity index (χ1) is 11.8. The van der Waals surface area contributed by atoms with Crippen molar-refractivity contribution in [1.82, 2.24) is 9.97 Å². The highest BCUT2D eigenvalue weighted by molar-refractivity contribution is 9.10. The third kappa shape index (κ3) is 3.16. The van der Waals surface area contributed by atoms with Crippen molar-refractivity contribution in [3.63, 3.8) is 0 Å². The molecule has 2 aromatic heterocycles. The van der Waals surface area contributed by atoms with E-state index in [-0.39, 0.29) is 0 Å². The van der Waals surface area contributed by atoms with Gasteiger partial charge in [-0.3, -0.25) is 4.98 Å². The van der Waals surface area contributed by atoms with E-state index in [1.165, 1.54) is 5.56 Å². The zero-order chi connectivity index (χ0) is 16.4. The first-order valence-corrected chi connectivity index (χ1v) is 9.20. The van der Waals surface area contributed by atoms with E-state index >= 15 is 0 Å². The van der Waals surface area contributed by atoms with E-state index in [0.717, 1.165) is 32.0 Å². The molecule has 0 aliphatic rings. The van der Waals surface area contributed by atoms with Crippen molar-refractivity contribution in [1.29, 1.82) is 0 Å². The summed E-state index contributed by atoms with van der Waals surface area (Å²) in [7, 11) is 0.